The van der Waals surface area contributed by atoms with E-state index in [1.807, 2.05) is 6.92 Å². The maximum atomic E-state index is 12.6. The van der Waals surface area contributed by atoms with E-state index in [0.717, 1.165) is 5.56 Å². The molecule has 0 heterocycles. The van der Waals surface area contributed by atoms with Crippen LogP contribution in [-0.2, 0) is 9.84 Å². The molecule has 0 bridgehead atoms. The average molecular weight is 417 g/mol. The van der Waals surface area contributed by atoms with Gasteiger partial charge in [0.15, 0.2) is 0 Å². The van der Waals surface area contributed by atoms with Crippen LogP contribution in [0.4, 0.5) is 5.69 Å². The fourth-order valence-electron chi connectivity index (χ4n) is 2.42. The van der Waals surface area contributed by atoms with Crippen LogP contribution in [0.2, 0.25) is 5.02 Å². The Bertz CT molecular complexity index is 1110. The summed E-state index contributed by atoms with van der Waals surface area (Å²) in [5.41, 5.74) is 6.92. The minimum absolute atomic E-state index is 0.0679. The number of aromatic hydroxyl groups is 1. The van der Waals surface area contributed by atoms with Crippen LogP contribution < -0.4 is 10.9 Å². The van der Waals surface area contributed by atoms with Gasteiger partial charge in [0.1, 0.15) is 5.75 Å². The second kappa shape index (κ2) is 7.92. The molecular formula is C20H17ClN2O4S. The summed E-state index contributed by atoms with van der Waals surface area (Å²) in [6, 6.07) is 16.7. The maximum absolute atomic E-state index is 12.6. The van der Waals surface area contributed by atoms with Crippen molar-refractivity contribution in [2.75, 3.05) is 5.43 Å². The molecule has 6 nitrogen and oxygen atoms in total. The quantitative estimate of drug-likeness (QED) is 0.547. The van der Waals surface area contributed by atoms with Crippen molar-refractivity contribution in [3.05, 3.63) is 82.9 Å². The van der Waals surface area contributed by atoms with E-state index in [0.29, 0.717) is 5.69 Å². The van der Waals surface area contributed by atoms with Crippen molar-refractivity contribution in [3.8, 4) is 5.75 Å². The number of hydrogen-bond acceptors (Lipinski definition) is 5. The van der Waals surface area contributed by atoms with Crippen molar-refractivity contribution in [1.82, 2.24) is 5.43 Å². The number of carbonyl (C=O) groups is 1. The van der Waals surface area contributed by atoms with E-state index >= 15 is 0 Å². The van der Waals surface area contributed by atoms with E-state index < -0.39 is 15.7 Å². The lowest BCUT2D eigenvalue weighted by atomic mass is 10.2. The lowest BCUT2D eigenvalue weighted by Crippen LogP contribution is -2.29. The third kappa shape index (κ3) is 4.27. The molecule has 0 fully saturated rings. The van der Waals surface area contributed by atoms with E-state index in [4.69, 9.17) is 11.6 Å². The van der Waals surface area contributed by atoms with Gasteiger partial charge in [-0.2, -0.15) is 0 Å². The van der Waals surface area contributed by atoms with Gasteiger partial charge >= 0.3 is 0 Å². The second-order valence-electron chi connectivity index (χ2n) is 6.09. The zero-order valence-electron chi connectivity index (χ0n) is 14.8. The summed E-state index contributed by atoms with van der Waals surface area (Å²) in [5, 5.41) is 9.46. The number of amides is 1. The van der Waals surface area contributed by atoms with Gasteiger partial charge in [0.25, 0.3) is 5.91 Å². The number of carbonyl (C=O) groups excluding carboxylic acids is 1. The molecule has 0 aliphatic heterocycles. The number of phenols is 1. The minimum Gasteiger partial charge on any atom is -0.506 e. The Balaban J connectivity index is 1.69. The molecule has 0 unspecified atom stereocenters. The van der Waals surface area contributed by atoms with Crippen LogP contribution in [0.3, 0.4) is 0 Å². The largest absolute Gasteiger partial charge is 0.506 e. The molecule has 8 heteroatoms. The molecule has 28 heavy (non-hydrogen) atoms. The standard InChI is InChI=1S/C20H17ClN2O4S/c1-13-2-7-16(8-3-13)28(26,27)17-9-5-15(6-10-17)22-23-20(25)14-4-11-19(24)18(21)12-14/h2-12,22,24H,1H3,(H,23,25). The van der Waals surface area contributed by atoms with Gasteiger partial charge in [-0.15, -0.1) is 0 Å². The number of sulfone groups is 1. The highest BCUT2D eigenvalue weighted by Gasteiger charge is 2.17. The number of anilines is 1. The van der Waals surface area contributed by atoms with Crippen molar-refractivity contribution in [1.29, 1.82) is 0 Å². The first-order chi connectivity index (χ1) is 13.3. The number of phenolic OH excluding ortho intramolecular Hbond substituents is 1. The molecule has 0 spiro atoms. The normalized spacial score (nSPS) is 11.1. The summed E-state index contributed by atoms with van der Waals surface area (Å²) in [6.07, 6.45) is 0. The van der Waals surface area contributed by atoms with Crippen LogP contribution in [-0.4, -0.2) is 19.4 Å². The topological polar surface area (TPSA) is 95.5 Å². The van der Waals surface area contributed by atoms with E-state index in [9.17, 15) is 18.3 Å². The molecule has 0 aliphatic rings. The van der Waals surface area contributed by atoms with E-state index in [2.05, 4.69) is 10.9 Å². The predicted octanol–water partition coefficient (Wildman–Crippen LogP) is 3.94. The van der Waals surface area contributed by atoms with Crippen LogP contribution in [0, 0.1) is 6.92 Å². The summed E-state index contributed by atoms with van der Waals surface area (Å²) in [5.74, 6) is -0.574. The average Bonchev–Trinajstić information content (AvgIpc) is 2.69. The zero-order valence-corrected chi connectivity index (χ0v) is 16.4. The number of hydrazine groups is 1. The Morgan fingerprint density at radius 1 is 0.929 bits per heavy atom. The fraction of sp³-hybridized carbons (Fsp3) is 0.0500. The number of hydrogen-bond donors (Lipinski definition) is 3. The SMILES string of the molecule is Cc1ccc(S(=O)(=O)c2ccc(NNC(=O)c3ccc(O)c(Cl)c3)cc2)cc1. The Morgan fingerprint density at radius 2 is 1.50 bits per heavy atom. The number of halogens is 1. The van der Waals surface area contributed by atoms with Gasteiger partial charge < -0.3 is 5.11 Å². The van der Waals surface area contributed by atoms with Crippen LogP contribution >= 0.6 is 11.6 Å². The summed E-state index contributed by atoms with van der Waals surface area (Å²) < 4.78 is 25.3. The fourth-order valence-corrected chi connectivity index (χ4v) is 3.86. The smallest absolute Gasteiger partial charge is 0.269 e. The summed E-state index contributed by atoms with van der Waals surface area (Å²) in [7, 11) is -3.61. The summed E-state index contributed by atoms with van der Waals surface area (Å²) in [6.45, 7) is 1.89. The molecular weight excluding hydrogens is 400 g/mol. The zero-order chi connectivity index (χ0) is 20.3. The van der Waals surface area contributed by atoms with Gasteiger partial charge in [-0.05, 0) is 61.5 Å². The van der Waals surface area contributed by atoms with E-state index in [-0.39, 0.29) is 26.1 Å². The monoisotopic (exact) mass is 416 g/mol. The van der Waals surface area contributed by atoms with Crippen molar-refractivity contribution in [2.45, 2.75) is 16.7 Å². The van der Waals surface area contributed by atoms with Crippen LogP contribution in [0.15, 0.2) is 76.5 Å². The lowest BCUT2D eigenvalue weighted by molar-refractivity contribution is 0.0962. The van der Waals surface area contributed by atoms with Gasteiger partial charge in [-0.25, -0.2) is 8.42 Å². The second-order valence-corrected chi connectivity index (χ2v) is 8.44. The van der Waals surface area contributed by atoms with Crippen LogP contribution in [0.1, 0.15) is 15.9 Å². The van der Waals surface area contributed by atoms with E-state index in [1.54, 1.807) is 36.4 Å². The first-order valence-corrected chi connectivity index (χ1v) is 10.1. The van der Waals surface area contributed by atoms with Gasteiger partial charge in [0, 0.05) is 5.56 Å². The molecule has 3 aromatic rings. The van der Waals surface area contributed by atoms with Crippen molar-refractivity contribution < 1.29 is 18.3 Å². The summed E-state index contributed by atoms with van der Waals surface area (Å²) >= 11 is 5.79. The van der Waals surface area contributed by atoms with Gasteiger partial charge in [0.05, 0.1) is 20.5 Å². The molecule has 0 saturated heterocycles. The molecule has 1 amide bonds. The molecule has 0 aromatic heterocycles. The van der Waals surface area contributed by atoms with Gasteiger partial charge in [0.2, 0.25) is 9.84 Å². The lowest BCUT2D eigenvalue weighted by Gasteiger charge is -2.10. The molecule has 0 atom stereocenters. The highest BCUT2D eigenvalue weighted by atomic mass is 35.5. The van der Waals surface area contributed by atoms with Gasteiger partial charge in [-0.3, -0.25) is 15.6 Å². The molecule has 3 rings (SSSR count). The van der Waals surface area contributed by atoms with Crippen molar-refractivity contribution in [2.24, 2.45) is 0 Å². The molecule has 0 radical (unpaired) electrons. The molecule has 3 N–H and O–H groups in total. The molecule has 0 saturated carbocycles. The number of aryl methyl sites for hydroxylation is 1. The molecule has 144 valence electrons. The highest BCUT2D eigenvalue weighted by molar-refractivity contribution is 7.91. The Labute approximate surface area is 167 Å². The third-order valence-corrected chi connectivity index (χ3v) is 6.11. The summed E-state index contributed by atoms with van der Waals surface area (Å²) in [4.78, 5) is 12.5. The molecule has 0 aliphatic carbocycles. The number of benzene rings is 3. The van der Waals surface area contributed by atoms with Gasteiger partial charge in [-0.1, -0.05) is 29.3 Å². The third-order valence-electron chi connectivity index (χ3n) is 4.03. The Kier molecular flexibility index (Phi) is 5.58. The van der Waals surface area contributed by atoms with E-state index in [1.165, 1.54) is 30.3 Å². The number of nitrogens with one attached hydrogen (secondary N) is 2. The predicted molar refractivity (Wildman–Crippen MR) is 107 cm³/mol. The van der Waals surface area contributed by atoms with Crippen LogP contribution in [0.25, 0.3) is 0 Å². The van der Waals surface area contributed by atoms with Crippen molar-refractivity contribution >= 4 is 33.0 Å². The molecule has 3 aromatic carbocycles. The first kappa shape index (κ1) is 19.7. The maximum Gasteiger partial charge on any atom is 0.269 e. The Morgan fingerprint density at radius 3 is 2.07 bits per heavy atom. The Hall–Kier alpha value is -3.03. The highest BCUT2D eigenvalue weighted by Crippen LogP contribution is 2.24. The minimum atomic E-state index is -3.61. The van der Waals surface area contributed by atoms with Crippen LogP contribution in [0.5, 0.6) is 5.75 Å². The number of rotatable bonds is 5. The van der Waals surface area contributed by atoms with Crippen molar-refractivity contribution in [3.63, 3.8) is 0 Å². The first-order valence-electron chi connectivity index (χ1n) is 8.24.